The maximum absolute atomic E-state index is 2.43. The largest absolute Gasteiger partial charge is 0.0654 e. The molecule has 0 saturated carbocycles. The molecule has 2 atom stereocenters. The minimum Gasteiger partial charge on any atom is -0.0654 e. The molecule has 254 valence electrons. The van der Waals surface area contributed by atoms with Crippen molar-refractivity contribution in [3.63, 3.8) is 0 Å². The first kappa shape index (κ1) is 34.0. The molecule has 0 heteroatoms. The van der Waals surface area contributed by atoms with Crippen LogP contribution in [0.15, 0.2) is 121 Å². The maximum atomic E-state index is 2.43. The van der Waals surface area contributed by atoms with E-state index in [0.717, 1.165) is 11.8 Å². The van der Waals surface area contributed by atoms with E-state index in [1.165, 1.54) is 141 Å². The van der Waals surface area contributed by atoms with Crippen LogP contribution in [-0.2, 0) is 12.8 Å². The van der Waals surface area contributed by atoms with E-state index in [4.69, 9.17) is 0 Å². The number of hydrogen-bond acceptors (Lipinski definition) is 0. The topological polar surface area (TPSA) is 0 Å². The van der Waals surface area contributed by atoms with Crippen LogP contribution in [0.4, 0.5) is 0 Å². The van der Waals surface area contributed by atoms with Gasteiger partial charge in [-0.15, -0.1) is 0 Å². The van der Waals surface area contributed by atoms with Crippen LogP contribution in [-0.4, -0.2) is 0 Å². The fourth-order valence-electron chi connectivity index (χ4n) is 8.46. The molecule has 0 aliphatic rings. The third-order valence-corrected chi connectivity index (χ3v) is 11.5. The van der Waals surface area contributed by atoms with Gasteiger partial charge < -0.3 is 0 Å². The van der Waals surface area contributed by atoms with Gasteiger partial charge in [-0.05, 0) is 113 Å². The van der Waals surface area contributed by atoms with Crippen molar-refractivity contribution < 1.29 is 0 Å². The lowest BCUT2D eigenvalue weighted by molar-refractivity contribution is 0.449. The first-order valence-corrected chi connectivity index (χ1v) is 19.6. The lowest BCUT2D eigenvalue weighted by atomic mass is 9.85. The van der Waals surface area contributed by atoms with E-state index in [1.54, 1.807) is 0 Å². The predicted molar refractivity (Wildman–Crippen MR) is 221 cm³/mol. The smallest absolute Gasteiger partial charge is 0.00262 e. The Morgan fingerprint density at radius 1 is 0.400 bits per heavy atom. The SMILES string of the molecule is CCCCC(CC)Cc1ccc2cc(-c3c4ccccc4c(-c4ccc5cc(CC(CC)CCCC)ccc5c4)c4ccccc34)ccc2c1. The molecule has 0 bridgehead atoms. The Bertz CT molecular complexity index is 2020. The van der Waals surface area contributed by atoms with E-state index < -0.39 is 0 Å². The Kier molecular flexibility index (Phi) is 10.6. The Labute approximate surface area is 300 Å². The summed E-state index contributed by atoms with van der Waals surface area (Å²) in [5.74, 6) is 1.55. The van der Waals surface area contributed by atoms with Gasteiger partial charge in [0.1, 0.15) is 0 Å². The maximum Gasteiger partial charge on any atom is -0.00262 e. The first-order chi connectivity index (χ1) is 24.6. The highest BCUT2D eigenvalue weighted by atomic mass is 14.2. The first-order valence-electron chi connectivity index (χ1n) is 19.6. The van der Waals surface area contributed by atoms with Gasteiger partial charge in [-0.25, -0.2) is 0 Å². The summed E-state index contributed by atoms with van der Waals surface area (Å²) in [7, 11) is 0. The lowest BCUT2D eigenvalue weighted by Crippen LogP contribution is -2.03. The van der Waals surface area contributed by atoms with Crippen molar-refractivity contribution in [1.29, 1.82) is 0 Å². The molecule has 0 aromatic heterocycles. The highest BCUT2D eigenvalue weighted by Crippen LogP contribution is 2.44. The zero-order valence-corrected chi connectivity index (χ0v) is 30.8. The van der Waals surface area contributed by atoms with Crippen molar-refractivity contribution in [2.24, 2.45) is 11.8 Å². The fraction of sp³-hybridized carbons (Fsp3) is 0.320. The Balaban J connectivity index is 1.29. The van der Waals surface area contributed by atoms with E-state index in [1.807, 2.05) is 0 Å². The standard InChI is InChI=1S/C50H54/c1-5-9-15-35(7-3)29-37-21-23-41-33-43(27-25-39(41)31-37)49-45-17-11-13-19-47(45)50(48-20-14-12-18-46(48)49)44-28-26-40-32-38(22-24-42(40)34-44)30-36(8-4)16-10-6-2/h11-14,17-28,31-36H,5-10,15-16,29-30H2,1-4H3. The molecule has 0 aliphatic carbocycles. The van der Waals surface area contributed by atoms with Gasteiger partial charge >= 0.3 is 0 Å². The van der Waals surface area contributed by atoms with Crippen molar-refractivity contribution in [2.75, 3.05) is 0 Å². The summed E-state index contributed by atoms with van der Waals surface area (Å²) < 4.78 is 0. The van der Waals surface area contributed by atoms with Crippen molar-refractivity contribution in [3.8, 4) is 22.3 Å². The third kappa shape index (κ3) is 7.09. The van der Waals surface area contributed by atoms with Crippen LogP contribution in [0, 0.1) is 11.8 Å². The van der Waals surface area contributed by atoms with E-state index in [2.05, 4.69) is 149 Å². The van der Waals surface area contributed by atoms with Gasteiger partial charge in [0.05, 0.1) is 0 Å². The molecule has 7 rings (SSSR count). The second-order valence-corrected chi connectivity index (χ2v) is 14.9. The molecule has 7 aromatic rings. The highest BCUT2D eigenvalue weighted by molar-refractivity contribution is 6.22. The molecule has 0 radical (unpaired) electrons. The van der Waals surface area contributed by atoms with Crippen LogP contribution in [0.1, 0.15) is 90.2 Å². The summed E-state index contributed by atoms with van der Waals surface area (Å²) in [5.41, 5.74) is 8.17. The van der Waals surface area contributed by atoms with E-state index in [-0.39, 0.29) is 0 Å². The highest BCUT2D eigenvalue weighted by Gasteiger charge is 2.18. The molecule has 0 heterocycles. The van der Waals surface area contributed by atoms with E-state index in [9.17, 15) is 0 Å². The summed E-state index contributed by atoms with van der Waals surface area (Å²) >= 11 is 0. The van der Waals surface area contributed by atoms with Crippen LogP contribution in [0.5, 0.6) is 0 Å². The van der Waals surface area contributed by atoms with Crippen LogP contribution >= 0.6 is 0 Å². The number of hydrogen-bond donors (Lipinski definition) is 0. The molecular formula is C50H54. The molecule has 0 nitrogen and oxygen atoms in total. The van der Waals surface area contributed by atoms with Gasteiger partial charge in [-0.3, -0.25) is 0 Å². The predicted octanol–water partition coefficient (Wildman–Crippen LogP) is 15.2. The fourth-order valence-corrected chi connectivity index (χ4v) is 8.46. The van der Waals surface area contributed by atoms with Gasteiger partial charge in [0, 0.05) is 0 Å². The Hall–Kier alpha value is -4.42. The van der Waals surface area contributed by atoms with Crippen molar-refractivity contribution in [2.45, 2.75) is 91.9 Å². The quantitative estimate of drug-likeness (QED) is 0.102. The zero-order chi connectivity index (χ0) is 34.5. The van der Waals surface area contributed by atoms with Gasteiger partial charge in [0.15, 0.2) is 0 Å². The molecule has 50 heavy (non-hydrogen) atoms. The van der Waals surface area contributed by atoms with Gasteiger partial charge in [-0.2, -0.15) is 0 Å². The van der Waals surface area contributed by atoms with Crippen molar-refractivity contribution >= 4 is 43.1 Å². The van der Waals surface area contributed by atoms with E-state index in [0.29, 0.717) is 0 Å². The zero-order valence-electron chi connectivity index (χ0n) is 30.8. The molecule has 0 N–H and O–H groups in total. The monoisotopic (exact) mass is 654 g/mol. The average Bonchev–Trinajstić information content (AvgIpc) is 3.16. The normalized spacial score (nSPS) is 13.0. The molecule has 0 amide bonds. The van der Waals surface area contributed by atoms with Gasteiger partial charge in [0.25, 0.3) is 0 Å². The molecule has 7 aromatic carbocycles. The van der Waals surface area contributed by atoms with E-state index >= 15 is 0 Å². The van der Waals surface area contributed by atoms with Gasteiger partial charge in [0.2, 0.25) is 0 Å². The number of fused-ring (bicyclic) bond motifs is 4. The summed E-state index contributed by atoms with van der Waals surface area (Å²) in [5, 5.41) is 10.6. The summed E-state index contributed by atoms with van der Waals surface area (Å²) in [6.07, 6.45) is 12.8. The number of rotatable bonds is 14. The second-order valence-electron chi connectivity index (χ2n) is 14.9. The van der Waals surface area contributed by atoms with Crippen LogP contribution in [0.25, 0.3) is 65.3 Å². The minimum absolute atomic E-state index is 0.775. The Morgan fingerprint density at radius 2 is 0.760 bits per heavy atom. The van der Waals surface area contributed by atoms with Crippen molar-refractivity contribution in [1.82, 2.24) is 0 Å². The number of benzene rings is 7. The van der Waals surface area contributed by atoms with Crippen LogP contribution in [0.2, 0.25) is 0 Å². The van der Waals surface area contributed by atoms with Crippen molar-refractivity contribution in [3.05, 3.63) is 132 Å². The molecule has 0 aliphatic heterocycles. The molecule has 0 fully saturated rings. The summed E-state index contributed by atoms with van der Waals surface area (Å²) in [4.78, 5) is 0. The number of unbranched alkanes of at least 4 members (excludes halogenated alkanes) is 2. The second kappa shape index (κ2) is 15.6. The summed E-state index contributed by atoms with van der Waals surface area (Å²) in [6.45, 7) is 9.30. The van der Waals surface area contributed by atoms with Gasteiger partial charge in [-0.1, -0.05) is 188 Å². The van der Waals surface area contributed by atoms with Crippen LogP contribution in [0.3, 0.4) is 0 Å². The molecule has 0 spiro atoms. The summed E-state index contributed by atoms with van der Waals surface area (Å²) in [6, 6.07) is 46.7. The Morgan fingerprint density at radius 3 is 1.12 bits per heavy atom. The minimum atomic E-state index is 0.775. The third-order valence-electron chi connectivity index (χ3n) is 11.5. The molecule has 0 saturated heterocycles. The average molecular weight is 655 g/mol. The lowest BCUT2D eigenvalue weighted by Gasteiger charge is -2.19. The molecule has 2 unspecified atom stereocenters. The molecular weight excluding hydrogens is 601 g/mol. The van der Waals surface area contributed by atoms with Crippen LogP contribution < -0.4 is 0 Å².